The molecule has 1 saturated heterocycles. The summed E-state index contributed by atoms with van der Waals surface area (Å²) in [5.74, 6) is 0.0802. The number of rotatable bonds is 9. The summed E-state index contributed by atoms with van der Waals surface area (Å²) in [6.07, 6.45) is 2.60. The highest BCUT2D eigenvalue weighted by atomic mass is 32.2. The van der Waals surface area contributed by atoms with Crippen molar-refractivity contribution in [2.24, 2.45) is 0 Å². The molecule has 1 aromatic heterocycles. The fourth-order valence-corrected chi connectivity index (χ4v) is 5.48. The van der Waals surface area contributed by atoms with Gasteiger partial charge in [0.05, 0.1) is 17.5 Å². The van der Waals surface area contributed by atoms with Gasteiger partial charge in [-0.3, -0.25) is 14.5 Å². The number of carbonyl (C=O) groups is 2. The molecule has 1 fully saturated rings. The van der Waals surface area contributed by atoms with Crippen molar-refractivity contribution in [2.45, 2.75) is 59.9 Å². The number of nitrogens with zero attached hydrogens (tertiary/aromatic N) is 2. The van der Waals surface area contributed by atoms with Crippen molar-refractivity contribution in [1.29, 1.82) is 0 Å². The van der Waals surface area contributed by atoms with Crippen LogP contribution in [0.5, 0.6) is 0 Å². The number of hydrogen-bond acceptors (Lipinski definition) is 5. The molecule has 0 radical (unpaired) electrons. The van der Waals surface area contributed by atoms with Crippen LogP contribution in [0.2, 0.25) is 0 Å². The summed E-state index contributed by atoms with van der Waals surface area (Å²) >= 11 is 0. The van der Waals surface area contributed by atoms with E-state index in [4.69, 9.17) is 0 Å². The predicted molar refractivity (Wildman–Crippen MR) is 111 cm³/mol. The maximum Gasteiger partial charge on any atom is 0.214 e. The molecule has 0 bridgehead atoms. The quantitative estimate of drug-likeness (QED) is 0.498. The smallest absolute Gasteiger partial charge is 0.214 e. The Balaban J connectivity index is 2.02. The molecular formula is C20H33N3O4S. The number of aryl methyl sites for hydroxylation is 1. The molecule has 28 heavy (non-hydrogen) atoms. The summed E-state index contributed by atoms with van der Waals surface area (Å²) in [5, 5.41) is 0. The molecule has 0 aliphatic carbocycles. The van der Waals surface area contributed by atoms with Crippen molar-refractivity contribution in [3.63, 3.8) is 0 Å². The van der Waals surface area contributed by atoms with Crippen LogP contribution >= 0.6 is 0 Å². The second-order valence-electron chi connectivity index (χ2n) is 7.68. The molecule has 1 aromatic rings. The van der Waals surface area contributed by atoms with Crippen LogP contribution < -0.4 is 0 Å². The highest BCUT2D eigenvalue weighted by Crippen LogP contribution is 2.22. The van der Waals surface area contributed by atoms with Gasteiger partial charge in [0.25, 0.3) is 0 Å². The summed E-state index contributed by atoms with van der Waals surface area (Å²) in [7, 11) is -3.22. The first-order valence-electron chi connectivity index (χ1n) is 10.1. The second kappa shape index (κ2) is 9.33. The van der Waals surface area contributed by atoms with E-state index < -0.39 is 10.0 Å². The van der Waals surface area contributed by atoms with Crippen LogP contribution in [-0.4, -0.2) is 72.1 Å². The van der Waals surface area contributed by atoms with E-state index in [0.717, 1.165) is 12.8 Å². The molecular weight excluding hydrogens is 378 g/mol. The van der Waals surface area contributed by atoms with Gasteiger partial charge in [-0.1, -0.05) is 19.8 Å². The van der Waals surface area contributed by atoms with E-state index in [2.05, 4.69) is 11.9 Å². The van der Waals surface area contributed by atoms with E-state index >= 15 is 0 Å². The number of sulfonamides is 1. The van der Waals surface area contributed by atoms with Crippen molar-refractivity contribution in [1.82, 2.24) is 14.2 Å². The summed E-state index contributed by atoms with van der Waals surface area (Å²) in [4.78, 5) is 29.9. The summed E-state index contributed by atoms with van der Waals surface area (Å²) in [5.41, 5.74) is 2.46. The van der Waals surface area contributed by atoms with Gasteiger partial charge in [-0.15, -0.1) is 0 Å². The Hall–Kier alpha value is -1.51. The average molecular weight is 412 g/mol. The Morgan fingerprint density at radius 2 is 1.71 bits per heavy atom. The van der Waals surface area contributed by atoms with Gasteiger partial charge in [0.1, 0.15) is 0 Å². The van der Waals surface area contributed by atoms with E-state index in [9.17, 15) is 18.0 Å². The molecule has 0 amide bonds. The molecule has 0 saturated carbocycles. The fourth-order valence-electron chi connectivity index (χ4n) is 3.93. The lowest BCUT2D eigenvalue weighted by Gasteiger charge is -2.36. The van der Waals surface area contributed by atoms with Crippen LogP contribution in [0.3, 0.4) is 0 Å². The third-order valence-corrected chi connectivity index (χ3v) is 7.59. The first kappa shape index (κ1) is 22.8. The van der Waals surface area contributed by atoms with Gasteiger partial charge in [0, 0.05) is 37.4 Å². The van der Waals surface area contributed by atoms with Crippen LogP contribution in [0, 0.1) is 13.8 Å². The lowest BCUT2D eigenvalue weighted by molar-refractivity contribution is 0.0777. The van der Waals surface area contributed by atoms with Crippen LogP contribution in [0.15, 0.2) is 0 Å². The molecule has 0 aromatic carbocycles. The van der Waals surface area contributed by atoms with E-state index in [1.54, 1.807) is 18.2 Å². The molecule has 1 atom stereocenters. The lowest BCUT2D eigenvalue weighted by atomic mass is 10.0. The van der Waals surface area contributed by atoms with Gasteiger partial charge < -0.3 is 4.98 Å². The number of carbonyl (C=O) groups excluding carboxylic acids is 2. The number of unbranched alkanes of at least 4 members (excludes halogenated alkanes) is 2. The molecule has 2 heterocycles. The zero-order valence-electron chi connectivity index (χ0n) is 17.7. The molecule has 7 nitrogen and oxygen atoms in total. The Morgan fingerprint density at radius 3 is 2.21 bits per heavy atom. The molecule has 158 valence electrons. The van der Waals surface area contributed by atoms with Crippen molar-refractivity contribution in [3.05, 3.63) is 22.5 Å². The number of hydrogen-bond donors (Lipinski definition) is 1. The Kier molecular flexibility index (Phi) is 7.59. The minimum absolute atomic E-state index is 0.0557. The summed E-state index contributed by atoms with van der Waals surface area (Å²) in [6, 6.07) is -0.374. The minimum atomic E-state index is -3.22. The third-order valence-electron chi connectivity index (χ3n) is 5.64. The topological polar surface area (TPSA) is 90.6 Å². The van der Waals surface area contributed by atoms with Gasteiger partial charge >= 0.3 is 0 Å². The van der Waals surface area contributed by atoms with E-state index in [1.165, 1.54) is 6.92 Å². The Morgan fingerprint density at radius 1 is 1.11 bits per heavy atom. The molecule has 1 N–H and O–H groups in total. The van der Waals surface area contributed by atoms with Crippen molar-refractivity contribution in [3.8, 4) is 0 Å². The highest BCUT2D eigenvalue weighted by Gasteiger charge is 2.32. The summed E-state index contributed by atoms with van der Waals surface area (Å²) in [6.45, 7) is 10.9. The van der Waals surface area contributed by atoms with Crippen molar-refractivity contribution < 1.29 is 18.0 Å². The van der Waals surface area contributed by atoms with Gasteiger partial charge in [0.2, 0.25) is 10.0 Å². The van der Waals surface area contributed by atoms with Crippen LogP contribution in [0.25, 0.3) is 0 Å². The van der Waals surface area contributed by atoms with Crippen LogP contribution in [-0.2, 0) is 10.0 Å². The molecule has 1 unspecified atom stereocenters. The van der Waals surface area contributed by atoms with Gasteiger partial charge in [-0.05, 0) is 39.7 Å². The lowest BCUT2D eigenvalue weighted by Crippen LogP contribution is -2.53. The number of aromatic nitrogens is 1. The third kappa shape index (κ3) is 4.90. The number of ketones is 2. The standard InChI is InChI=1S/C20H33N3O4S/c1-6-7-8-13-28(26,27)23-11-9-22(10-12-23)16(4)20(25)19-14(2)18(17(5)24)15(3)21-19/h16,21H,6-13H2,1-5H3. The first-order valence-corrected chi connectivity index (χ1v) is 11.7. The largest absolute Gasteiger partial charge is 0.355 e. The Labute approximate surface area is 168 Å². The number of aromatic amines is 1. The zero-order chi connectivity index (χ0) is 21.1. The number of H-pyrrole nitrogens is 1. The van der Waals surface area contributed by atoms with Crippen LogP contribution in [0.1, 0.15) is 72.1 Å². The maximum atomic E-state index is 13.0. The number of nitrogens with one attached hydrogen (secondary N) is 1. The average Bonchev–Trinajstić information content (AvgIpc) is 2.95. The maximum absolute atomic E-state index is 13.0. The molecule has 1 aliphatic rings. The van der Waals surface area contributed by atoms with E-state index in [-0.39, 0.29) is 23.4 Å². The minimum Gasteiger partial charge on any atom is -0.355 e. The number of piperazine rings is 1. The number of Topliss-reactive ketones (excluding diaryl/α,β-unsaturated/α-hetero) is 2. The zero-order valence-corrected chi connectivity index (χ0v) is 18.5. The molecule has 0 spiro atoms. The summed E-state index contributed by atoms with van der Waals surface area (Å²) < 4.78 is 26.4. The van der Waals surface area contributed by atoms with Gasteiger partial charge in [-0.2, -0.15) is 4.31 Å². The molecule has 8 heteroatoms. The van der Waals surface area contributed by atoms with E-state index in [0.29, 0.717) is 55.1 Å². The predicted octanol–water partition coefficient (Wildman–Crippen LogP) is 2.54. The van der Waals surface area contributed by atoms with Gasteiger partial charge in [-0.25, -0.2) is 8.42 Å². The van der Waals surface area contributed by atoms with Crippen molar-refractivity contribution >= 4 is 21.6 Å². The molecule has 1 aliphatic heterocycles. The SMILES string of the molecule is CCCCCS(=O)(=O)N1CCN(C(C)C(=O)c2[nH]c(C)c(C(C)=O)c2C)CC1. The van der Waals surface area contributed by atoms with E-state index in [1.807, 2.05) is 11.8 Å². The van der Waals surface area contributed by atoms with Crippen molar-refractivity contribution in [2.75, 3.05) is 31.9 Å². The fraction of sp³-hybridized carbons (Fsp3) is 0.700. The highest BCUT2D eigenvalue weighted by molar-refractivity contribution is 7.89. The van der Waals surface area contributed by atoms with Gasteiger partial charge in [0.15, 0.2) is 11.6 Å². The second-order valence-corrected chi connectivity index (χ2v) is 9.77. The Bertz CT molecular complexity index is 821. The normalized spacial score (nSPS) is 17.6. The molecule has 2 rings (SSSR count). The monoisotopic (exact) mass is 411 g/mol. The first-order chi connectivity index (χ1) is 13.1. The van der Waals surface area contributed by atoms with Crippen LogP contribution in [0.4, 0.5) is 0 Å².